The van der Waals surface area contributed by atoms with Crippen molar-refractivity contribution in [3.8, 4) is 0 Å². The fraction of sp³-hybridized carbons (Fsp3) is 0.0435. The minimum atomic E-state index is -3.47. The second-order valence-corrected chi connectivity index (χ2v) is 8.19. The van der Waals surface area contributed by atoms with Gasteiger partial charge in [0.2, 0.25) is 0 Å². The Hall–Kier alpha value is -3.05. The van der Waals surface area contributed by atoms with E-state index in [1.54, 1.807) is 60.7 Å². The van der Waals surface area contributed by atoms with Crippen molar-refractivity contribution in [3.05, 3.63) is 107 Å². The zero-order chi connectivity index (χ0) is 20.0. The van der Waals surface area contributed by atoms with Crippen molar-refractivity contribution in [2.24, 2.45) is 0 Å². The van der Waals surface area contributed by atoms with E-state index >= 15 is 0 Å². The van der Waals surface area contributed by atoms with Gasteiger partial charge in [0, 0.05) is 5.56 Å². The predicted molar refractivity (Wildman–Crippen MR) is 109 cm³/mol. The Bertz CT molecular complexity index is 1100. The molecule has 0 aromatic heterocycles. The third kappa shape index (κ3) is 5.24. The summed E-state index contributed by atoms with van der Waals surface area (Å²) >= 11 is 0. The molecular formula is C23H18F2O2S. The fourth-order valence-corrected chi connectivity index (χ4v) is 3.66. The molecule has 3 rings (SSSR count). The summed E-state index contributed by atoms with van der Waals surface area (Å²) in [6.45, 7) is 0. The number of hydrogen-bond donors (Lipinski definition) is 0. The maximum atomic E-state index is 13.6. The summed E-state index contributed by atoms with van der Waals surface area (Å²) in [6.07, 6.45) is 6.55. The lowest BCUT2D eigenvalue weighted by atomic mass is 10.1. The molecule has 0 unspecified atom stereocenters. The van der Waals surface area contributed by atoms with Gasteiger partial charge in [0.1, 0.15) is 11.6 Å². The summed E-state index contributed by atoms with van der Waals surface area (Å²) in [7, 11) is -3.47. The smallest absolute Gasteiger partial charge is 0.181 e. The first-order valence-corrected chi connectivity index (χ1v) is 10.3. The summed E-state index contributed by atoms with van der Waals surface area (Å²) in [5.74, 6) is -0.811. The van der Waals surface area contributed by atoms with E-state index in [1.165, 1.54) is 36.4 Å². The van der Waals surface area contributed by atoms with Gasteiger partial charge in [-0.25, -0.2) is 17.2 Å². The van der Waals surface area contributed by atoms with Gasteiger partial charge in [-0.1, -0.05) is 66.8 Å². The molecule has 0 spiro atoms. The summed E-state index contributed by atoms with van der Waals surface area (Å²) in [4.78, 5) is 0.208. The zero-order valence-electron chi connectivity index (χ0n) is 14.9. The molecule has 0 saturated carbocycles. The minimum Gasteiger partial charge on any atom is -0.223 e. The van der Waals surface area contributed by atoms with Crippen LogP contribution >= 0.6 is 0 Å². The van der Waals surface area contributed by atoms with Crippen LogP contribution in [0.4, 0.5) is 8.78 Å². The van der Waals surface area contributed by atoms with Crippen LogP contribution in [0.2, 0.25) is 0 Å². The van der Waals surface area contributed by atoms with Gasteiger partial charge in [-0.15, -0.1) is 0 Å². The summed E-state index contributed by atoms with van der Waals surface area (Å²) in [6, 6.07) is 18.6. The Kier molecular flexibility index (Phi) is 6.16. The molecule has 0 amide bonds. The van der Waals surface area contributed by atoms with Crippen LogP contribution in [0.5, 0.6) is 0 Å². The normalized spacial score (nSPS) is 12.1. The van der Waals surface area contributed by atoms with Crippen molar-refractivity contribution in [2.45, 2.75) is 4.90 Å². The van der Waals surface area contributed by atoms with Gasteiger partial charge in [-0.3, -0.25) is 0 Å². The van der Waals surface area contributed by atoms with Crippen LogP contribution in [-0.4, -0.2) is 14.2 Å². The first-order valence-electron chi connectivity index (χ1n) is 8.62. The molecule has 3 aromatic carbocycles. The number of halogens is 2. The van der Waals surface area contributed by atoms with E-state index < -0.39 is 9.84 Å². The van der Waals surface area contributed by atoms with Crippen molar-refractivity contribution >= 4 is 28.1 Å². The van der Waals surface area contributed by atoms with E-state index in [2.05, 4.69) is 0 Å². The number of benzene rings is 3. The lowest BCUT2D eigenvalue weighted by Gasteiger charge is -2.02. The summed E-state index contributed by atoms with van der Waals surface area (Å²) in [5.41, 5.74) is 1.96. The molecular weight excluding hydrogens is 378 g/mol. The van der Waals surface area contributed by atoms with Crippen LogP contribution < -0.4 is 0 Å². The fourth-order valence-electron chi connectivity index (χ4n) is 2.56. The Morgan fingerprint density at radius 2 is 1.32 bits per heavy atom. The van der Waals surface area contributed by atoms with Crippen LogP contribution in [0.15, 0.2) is 83.8 Å². The molecule has 0 aliphatic rings. The maximum absolute atomic E-state index is 13.6. The minimum absolute atomic E-state index is 0.158. The molecule has 0 radical (unpaired) electrons. The Labute approximate surface area is 163 Å². The van der Waals surface area contributed by atoms with E-state index in [-0.39, 0.29) is 22.3 Å². The van der Waals surface area contributed by atoms with Crippen molar-refractivity contribution in [1.29, 1.82) is 0 Å². The van der Waals surface area contributed by atoms with Gasteiger partial charge in [0.05, 0.1) is 10.6 Å². The van der Waals surface area contributed by atoms with Gasteiger partial charge < -0.3 is 0 Å². The maximum Gasteiger partial charge on any atom is 0.181 e. The highest BCUT2D eigenvalue weighted by Crippen LogP contribution is 2.16. The molecule has 28 heavy (non-hydrogen) atoms. The van der Waals surface area contributed by atoms with Crippen molar-refractivity contribution in [3.63, 3.8) is 0 Å². The van der Waals surface area contributed by atoms with Crippen molar-refractivity contribution < 1.29 is 17.2 Å². The third-order valence-corrected chi connectivity index (χ3v) is 5.72. The highest BCUT2D eigenvalue weighted by atomic mass is 32.2. The average Bonchev–Trinajstić information content (AvgIpc) is 2.69. The molecule has 0 fully saturated rings. The monoisotopic (exact) mass is 396 g/mol. The van der Waals surface area contributed by atoms with Crippen LogP contribution in [0.3, 0.4) is 0 Å². The molecule has 5 heteroatoms. The first-order chi connectivity index (χ1) is 13.4. The molecule has 0 heterocycles. The second-order valence-electron chi connectivity index (χ2n) is 6.16. The molecule has 0 saturated heterocycles. The molecule has 0 aliphatic heterocycles. The van der Waals surface area contributed by atoms with Gasteiger partial charge in [0.15, 0.2) is 9.84 Å². The van der Waals surface area contributed by atoms with Crippen molar-refractivity contribution in [1.82, 2.24) is 0 Å². The van der Waals surface area contributed by atoms with Gasteiger partial charge >= 0.3 is 0 Å². The topological polar surface area (TPSA) is 34.1 Å². The van der Waals surface area contributed by atoms with Crippen LogP contribution in [0.1, 0.15) is 16.7 Å². The standard InChI is InChI=1S/C23H18F2O2S/c24-21-13-8-18(9-14-21)4-3-17-28(26,27)22-15-10-19(11-16-22)7-12-20-5-1-2-6-23(20)25/h1-16H,17H2/b4-3?,12-7+. The number of sulfone groups is 1. The van der Waals surface area contributed by atoms with Crippen LogP contribution in [0, 0.1) is 11.6 Å². The van der Waals surface area contributed by atoms with E-state index in [4.69, 9.17) is 0 Å². The molecule has 0 atom stereocenters. The first kappa shape index (κ1) is 19.7. The van der Waals surface area contributed by atoms with Crippen molar-refractivity contribution in [2.75, 3.05) is 5.75 Å². The molecule has 2 nitrogen and oxygen atoms in total. The summed E-state index contributed by atoms with van der Waals surface area (Å²) < 4.78 is 51.4. The van der Waals surface area contributed by atoms with E-state index in [0.29, 0.717) is 5.56 Å². The quantitative estimate of drug-likeness (QED) is 0.507. The Morgan fingerprint density at radius 3 is 2.00 bits per heavy atom. The highest BCUT2D eigenvalue weighted by molar-refractivity contribution is 7.91. The number of hydrogen-bond acceptors (Lipinski definition) is 2. The lowest BCUT2D eigenvalue weighted by molar-refractivity contribution is 0.599. The highest BCUT2D eigenvalue weighted by Gasteiger charge is 2.11. The van der Waals surface area contributed by atoms with E-state index in [0.717, 1.165) is 11.1 Å². The SMILES string of the molecule is O=S(=O)(CC=Cc1ccc(F)cc1)c1ccc(/C=C/c2ccccc2F)cc1. The molecule has 0 N–H and O–H groups in total. The third-order valence-electron chi connectivity index (χ3n) is 4.10. The van der Waals surface area contributed by atoms with Gasteiger partial charge in [0.25, 0.3) is 0 Å². The molecule has 142 valence electrons. The largest absolute Gasteiger partial charge is 0.223 e. The second kappa shape index (κ2) is 8.76. The molecule has 3 aromatic rings. The van der Waals surface area contributed by atoms with Gasteiger partial charge in [-0.2, -0.15) is 0 Å². The Morgan fingerprint density at radius 1 is 0.714 bits per heavy atom. The lowest BCUT2D eigenvalue weighted by Crippen LogP contribution is -2.04. The summed E-state index contributed by atoms with van der Waals surface area (Å²) in [5, 5.41) is 0. The van der Waals surface area contributed by atoms with Crippen LogP contribution in [0.25, 0.3) is 18.2 Å². The molecule has 0 aliphatic carbocycles. The van der Waals surface area contributed by atoms with E-state index in [9.17, 15) is 17.2 Å². The number of rotatable bonds is 6. The zero-order valence-corrected chi connectivity index (χ0v) is 15.7. The Balaban J connectivity index is 1.67. The van der Waals surface area contributed by atoms with E-state index in [1.807, 2.05) is 0 Å². The predicted octanol–water partition coefficient (Wildman–Crippen LogP) is 5.62. The molecule has 0 bridgehead atoms. The van der Waals surface area contributed by atoms with Gasteiger partial charge in [-0.05, 0) is 41.5 Å². The van der Waals surface area contributed by atoms with Crippen LogP contribution in [-0.2, 0) is 9.84 Å². The average molecular weight is 396 g/mol.